The van der Waals surface area contributed by atoms with Crippen molar-refractivity contribution in [3.05, 3.63) is 58.6 Å². The number of amides is 1. The number of ether oxygens (including phenoxy) is 1. The van der Waals surface area contributed by atoms with E-state index in [2.05, 4.69) is 5.32 Å². The van der Waals surface area contributed by atoms with Gasteiger partial charge in [0.2, 0.25) is 6.41 Å². The molecule has 0 unspecified atom stereocenters. The topological polar surface area (TPSA) is 78.8 Å². The molecule has 0 saturated heterocycles. The minimum atomic E-state index is -1.61. The first-order chi connectivity index (χ1) is 11.1. The Morgan fingerprint density at radius 1 is 1.17 bits per heavy atom. The van der Waals surface area contributed by atoms with Crippen molar-refractivity contribution >= 4 is 18.0 Å². The molecule has 1 aliphatic heterocycles. The lowest BCUT2D eigenvalue weighted by Gasteiger charge is -2.27. The summed E-state index contributed by atoms with van der Waals surface area (Å²) in [6.07, 6.45) is -1.02. The number of para-hydroxylation sites is 1. The van der Waals surface area contributed by atoms with Crippen LogP contribution in [0.1, 0.15) is 23.0 Å². The van der Waals surface area contributed by atoms with Crippen LogP contribution in [0.5, 0.6) is 11.5 Å². The lowest BCUT2D eigenvalue weighted by Crippen LogP contribution is -2.31. The second-order valence-corrected chi connectivity index (χ2v) is 5.83. The zero-order valence-corrected chi connectivity index (χ0v) is 12.9. The van der Waals surface area contributed by atoms with E-state index in [4.69, 9.17) is 16.3 Å². The normalized spacial score (nSPS) is 19.3. The quantitative estimate of drug-likeness (QED) is 0.593. The fourth-order valence-electron chi connectivity index (χ4n) is 3.06. The van der Waals surface area contributed by atoms with Gasteiger partial charge in [0.15, 0.2) is 6.29 Å². The number of hydrogen-bond acceptors (Lipinski definition) is 4. The monoisotopic (exact) mass is 333 g/mol. The highest BCUT2D eigenvalue weighted by Gasteiger charge is 2.36. The van der Waals surface area contributed by atoms with Gasteiger partial charge in [0.1, 0.15) is 11.5 Å². The van der Waals surface area contributed by atoms with Crippen LogP contribution in [-0.2, 0) is 4.79 Å². The average Bonchev–Trinajstić information content (AvgIpc) is 2.67. The fraction of sp³-hybridized carbons (Fsp3) is 0.235. The van der Waals surface area contributed by atoms with Crippen molar-refractivity contribution in [2.24, 2.45) is 0 Å². The summed E-state index contributed by atoms with van der Waals surface area (Å²) in [5.41, 5.74) is 1.40. The molecule has 1 aliphatic rings. The Morgan fingerprint density at radius 3 is 2.65 bits per heavy atom. The Morgan fingerprint density at radius 2 is 1.91 bits per heavy atom. The molecule has 0 saturated carbocycles. The highest BCUT2D eigenvalue weighted by Crippen LogP contribution is 2.47. The summed E-state index contributed by atoms with van der Waals surface area (Å²) >= 11 is 6.10. The molecule has 0 radical (unpaired) electrons. The van der Waals surface area contributed by atoms with Gasteiger partial charge in [0.25, 0.3) is 0 Å². The van der Waals surface area contributed by atoms with E-state index in [9.17, 15) is 15.0 Å². The third-order valence-corrected chi connectivity index (χ3v) is 4.28. The van der Waals surface area contributed by atoms with Crippen molar-refractivity contribution in [2.45, 2.75) is 18.1 Å². The Bertz CT molecular complexity index is 719. The molecular weight excluding hydrogens is 318 g/mol. The number of nitrogens with one attached hydrogen (secondary N) is 1. The largest absolute Gasteiger partial charge is 0.457 e. The van der Waals surface area contributed by atoms with E-state index in [1.54, 1.807) is 30.3 Å². The molecule has 0 fully saturated rings. The van der Waals surface area contributed by atoms with Crippen LogP contribution in [0, 0.1) is 0 Å². The molecule has 3 rings (SSSR count). The second-order valence-electron chi connectivity index (χ2n) is 5.39. The van der Waals surface area contributed by atoms with E-state index < -0.39 is 18.1 Å². The summed E-state index contributed by atoms with van der Waals surface area (Å²) < 4.78 is 5.95. The van der Waals surface area contributed by atoms with Gasteiger partial charge in [-0.05, 0) is 24.3 Å². The van der Waals surface area contributed by atoms with Crippen molar-refractivity contribution in [1.29, 1.82) is 0 Å². The van der Waals surface area contributed by atoms with Gasteiger partial charge in [-0.3, -0.25) is 4.79 Å². The molecule has 0 spiro atoms. The molecular formula is C17H16ClNO4. The lowest BCUT2D eigenvalue weighted by molar-refractivity contribution is -0.110. The predicted molar refractivity (Wildman–Crippen MR) is 85.7 cm³/mol. The standard InChI is InChI=1S/C17H16ClNO4/c18-10-5-6-15-12(7-10)13(8-19-9-20)16(17(21)22)11-3-1-2-4-14(11)23-15/h1-7,9,13,16-17,21-22H,8H2,(H,19,20)/t13-,16-/m1/s1. The minimum absolute atomic E-state index is 0.233. The molecule has 0 aliphatic carbocycles. The van der Waals surface area contributed by atoms with Gasteiger partial charge in [0.05, 0.1) is 0 Å². The zero-order valence-electron chi connectivity index (χ0n) is 12.1. The van der Waals surface area contributed by atoms with Crippen LogP contribution in [0.2, 0.25) is 5.02 Å². The average molecular weight is 334 g/mol. The number of rotatable bonds is 4. The molecule has 23 heavy (non-hydrogen) atoms. The first-order valence-electron chi connectivity index (χ1n) is 7.21. The van der Waals surface area contributed by atoms with E-state index >= 15 is 0 Å². The van der Waals surface area contributed by atoms with Gasteiger partial charge in [0, 0.05) is 34.5 Å². The van der Waals surface area contributed by atoms with Crippen molar-refractivity contribution in [1.82, 2.24) is 5.32 Å². The molecule has 0 bridgehead atoms. The molecule has 120 valence electrons. The van der Waals surface area contributed by atoms with Crippen molar-refractivity contribution in [2.75, 3.05) is 6.54 Å². The number of aliphatic hydroxyl groups excluding tert-OH is 1. The van der Waals surface area contributed by atoms with Crippen molar-refractivity contribution in [3.63, 3.8) is 0 Å². The van der Waals surface area contributed by atoms with Gasteiger partial charge >= 0.3 is 0 Å². The highest BCUT2D eigenvalue weighted by molar-refractivity contribution is 6.30. The Labute approximate surface area is 138 Å². The molecule has 2 aromatic carbocycles. The molecule has 5 nitrogen and oxygen atoms in total. The number of halogens is 1. The van der Waals surface area contributed by atoms with Crippen LogP contribution in [0.25, 0.3) is 0 Å². The van der Waals surface area contributed by atoms with E-state index in [0.717, 1.165) is 5.56 Å². The van der Waals surface area contributed by atoms with Gasteiger partial charge < -0.3 is 20.3 Å². The van der Waals surface area contributed by atoms with Gasteiger partial charge in [-0.1, -0.05) is 29.8 Å². The molecule has 2 atom stereocenters. The van der Waals surface area contributed by atoms with Crippen LogP contribution in [0.15, 0.2) is 42.5 Å². The van der Waals surface area contributed by atoms with E-state index in [-0.39, 0.29) is 6.54 Å². The smallest absolute Gasteiger partial charge is 0.207 e. The summed E-state index contributed by atoms with van der Waals surface area (Å²) in [5, 5.41) is 23.1. The Balaban J connectivity index is 2.19. The van der Waals surface area contributed by atoms with Gasteiger partial charge in [-0.2, -0.15) is 0 Å². The molecule has 6 heteroatoms. The number of benzene rings is 2. The van der Waals surface area contributed by atoms with Crippen LogP contribution < -0.4 is 10.1 Å². The van der Waals surface area contributed by atoms with Crippen LogP contribution in [0.4, 0.5) is 0 Å². The summed E-state index contributed by atoms with van der Waals surface area (Å²) in [5.74, 6) is 0.0985. The summed E-state index contributed by atoms with van der Waals surface area (Å²) in [7, 11) is 0. The number of carbonyl (C=O) groups excluding carboxylic acids is 1. The zero-order chi connectivity index (χ0) is 16.4. The fourth-order valence-corrected chi connectivity index (χ4v) is 3.24. The third-order valence-electron chi connectivity index (χ3n) is 4.05. The van der Waals surface area contributed by atoms with Crippen molar-refractivity contribution in [3.8, 4) is 11.5 Å². The molecule has 1 heterocycles. The number of aliphatic hydroxyl groups is 2. The van der Waals surface area contributed by atoms with E-state index in [1.165, 1.54) is 0 Å². The first-order valence-corrected chi connectivity index (χ1v) is 7.59. The highest BCUT2D eigenvalue weighted by atomic mass is 35.5. The van der Waals surface area contributed by atoms with E-state index in [0.29, 0.717) is 28.5 Å². The summed E-state index contributed by atoms with van der Waals surface area (Å²) in [6, 6.07) is 12.4. The second kappa shape index (κ2) is 6.58. The maximum Gasteiger partial charge on any atom is 0.207 e. The number of hydrogen-bond donors (Lipinski definition) is 3. The SMILES string of the molecule is O=CNC[C@@H]1c2cc(Cl)ccc2Oc2ccccc2[C@H]1C(O)O. The summed E-state index contributed by atoms with van der Waals surface area (Å²) in [4.78, 5) is 10.7. The maximum atomic E-state index is 10.7. The first kappa shape index (κ1) is 15.8. The Kier molecular flexibility index (Phi) is 4.52. The van der Waals surface area contributed by atoms with Gasteiger partial charge in [-0.25, -0.2) is 0 Å². The summed E-state index contributed by atoms with van der Waals surface area (Å²) in [6.45, 7) is 0.233. The molecule has 2 aromatic rings. The maximum absolute atomic E-state index is 10.7. The number of carbonyl (C=O) groups is 1. The van der Waals surface area contributed by atoms with E-state index in [1.807, 2.05) is 12.1 Å². The molecule has 1 amide bonds. The van der Waals surface area contributed by atoms with Crippen LogP contribution in [0.3, 0.4) is 0 Å². The van der Waals surface area contributed by atoms with Crippen LogP contribution >= 0.6 is 11.6 Å². The Hall–Kier alpha value is -2.08. The predicted octanol–water partition coefficient (Wildman–Crippen LogP) is 2.37. The minimum Gasteiger partial charge on any atom is -0.457 e. The lowest BCUT2D eigenvalue weighted by atomic mass is 9.81. The molecule has 0 aromatic heterocycles. The number of fused-ring (bicyclic) bond motifs is 2. The third kappa shape index (κ3) is 3.03. The molecule has 3 N–H and O–H groups in total. The van der Waals surface area contributed by atoms with Crippen LogP contribution in [-0.4, -0.2) is 29.5 Å². The van der Waals surface area contributed by atoms with Gasteiger partial charge in [-0.15, -0.1) is 0 Å². The van der Waals surface area contributed by atoms with Crippen molar-refractivity contribution < 1.29 is 19.7 Å².